The molecule has 2 rings (SSSR count). The van der Waals surface area contributed by atoms with Crippen molar-refractivity contribution in [1.29, 1.82) is 0 Å². The zero-order valence-corrected chi connectivity index (χ0v) is 11.1. The minimum Gasteiger partial charge on any atom is -0.465 e. The summed E-state index contributed by atoms with van der Waals surface area (Å²) in [5.74, 6) is 2.23. The molecule has 4 heteroatoms. The number of hydrogen-bond acceptors (Lipinski definition) is 3. The molecule has 18 heavy (non-hydrogen) atoms. The molecule has 1 amide bonds. The maximum atomic E-state index is 11.8. The molecule has 1 fully saturated rings. The van der Waals surface area contributed by atoms with Crippen LogP contribution in [0.15, 0.2) is 16.5 Å². The number of carbonyl (C=O) groups excluding carboxylic acids is 1. The van der Waals surface area contributed by atoms with Gasteiger partial charge in [-0.15, -0.1) is 0 Å². The van der Waals surface area contributed by atoms with Crippen molar-refractivity contribution in [3.8, 4) is 0 Å². The van der Waals surface area contributed by atoms with Crippen LogP contribution in [0.1, 0.15) is 37.7 Å². The maximum absolute atomic E-state index is 11.8. The molecule has 0 aromatic carbocycles. The predicted molar refractivity (Wildman–Crippen MR) is 70.2 cm³/mol. The third kappa shape index (κ3) is 3.60. The van der Waals surface area contributed by atoms with Crippen LogP contribution in [0.25, 0.3) is 0 Å². The van der Waals surface area contributed by atoms with Crippen molar-refractivity contribution in [2.45, 2.75) is 39.2 Å². The zero-order chi connectivity index (χ0) is 12.8. The van der Waals surface area contributed by atoms with Crippen molar-refractivity contribution < 1.29 is 9.21 Å². The Morgan fingerprint density at radius 3 is 2.72 bits per heavy atom. The van der Waals surface area contributed by atoms with Gasteiger partial charge in [0.2, 0.25) is 5.91 Å². The molecular formula is C14H22N2O2. The van der Waals surface area contributed by atoms with Crippen molar-refractivity contribution in [3.63, 3.8) is 0 Å². The van der Waals surface area contributed by atoms with Crippen LogP contribution >= 0.6 is 0 Å². The number of hydrogen-bond donors (Lipinski definition) is 1. The summed E-state index contributed by atoms with van der Waals surface area (Å²) in [7, 11) is 0. The van der Waals surface area contributed by atoms with Crippen LogP contribution in [0.4, 0.5) is 0 Å². The SMILES string of the molecule is CCc1ccc(CNCCC(=O)N2CCCC2)o1. The van der Waals surface area contributed by atoms with E-state index in [1.165, 1.54) is 0 Å². The van der Waals surface area contributed by atoms with Gasteiger partial charge in [-0.1, -0.05) is 6.92 Å². The second-order valence-electron chi connectivity index (χ2n) is 4.74. The zero-order valence-electron chi connectivity index (χ0n) is 11.1. The number of furan rings is 1. The van der Waals surface area contributed by atoms with E-state index in [1.54, 1.807) is 0 Å². The minimum absolute atomic E-state index is 0.272. The third-order valence-corrected chi connectivity index (χ3v) is 3.34. The molecule has 0 radical (unpaired) electrons. The maximum Gasteiger partial charge on any atom is 0.223 e. The first kappa shape index (κ1) is 13.1. The fourth-order valence-corrected chi connectivity index (χ4v) is 2.24. The van der Waals surface area contributed by atoms with Gasteiger partial charge < -0.3 is 14.6 Å². The first-order chi connectivity index (χ1) is 8.79. The largest absolute Gasteiger partial charge is 0.465 e. The van der Waals surface area contributed by atoms with E-state index in [1.807, 2.05) is 17.0 Å². The highest BCUT2D eigenvalue weighted by molar-refractivity contribution is 5.76. The lowest BCUT2D eigenvalue weighted by atomic mass is 10.3. The van der Waals surface area contributed by atoms with Crippen LogP contribution in [0, 0.1) is 0 Å². The number of nitrogens with zero attached hydrogens (tertiary/aromatic N) is 1. The molecule has 0 spiro atoms. The fourth-order valence-electron chi connectivity index (χ4n) is 2.24. The summed E-state index contributed by atoms with van der Waals surface area (Å²) in [6.07, 6.45) is 3.82. The molecule has 0 unspecified atom stereocenters. The van der Waals surface area contributed by atoms with Gasteiger partial charge in [-0.25, -0.2) is 0 Å². The number of likely N-dealkylation sites (tertiary alicyclic amines) is 1. The molecule has 2 heterocycles. The molecule has 1 aliphatic rings. The quantitative estimate of drug-likeness (QED) is 0.785. The van der Waals surface area contributed by atoms with Crippen LogP contribution in [-0.2, 0) is 17.8 Å². The monoisotopic (exact) mass is 250 g/mol. The molecule has 0 atom stereocenters. The summed E-state index contributed by atoms with van der Waals surface area (Å²) in [5, 5.41) is 3.25. The Balaban J connectivity index is 1.62. The normalized spacial score (nSPS) is 15.3. The van der Waals surface area contributed by atoms with Crippen molar-refractivity contribution in [1.82, 2.24) is 10.2 Å². The summed E-state index contributed by atoms with van der Waals surface area (Å²) in [6, 6.07) is 4.00. The smallest absolute Gasteiger partial charge is 0.223 e. The molecule has 0 bridgehead atoms. The Kier molecular flexibility index (Phi) is 4.81. The molecule has 4 nitrogen and oxygen atoms in total. The van der Waals surface area contributed by atoms with Gasteiger partial charge in [-0.2, -0.15) is 0 Å². The van der Waals surface area contributed by atoms with Crippen molar-refractivity contribution >= 4 is 5.91 Å². The summed E-state index contributed by atoms with van der Waals surface area (Å²) in [5.41, 5.74) is 0. The van der Waals surface area contributed by atoms with Gasteiger partial charge in [-0.3, -0.25) is 4.79 Å². The lowest BCUT2D eigenvalue weighted by Gasteiger charge is -2.14. The highest BCUT2D eigenvalue weighted by Gasteiger charge is 2.16. The van der Waals surface area contributed by atoms with E-state index in [0.717, 1.165) is 50.4 Å². The van der Waals surface area contributed by atoms with Crippen molar-refractivity contribution in [2.75, 3.05) is 19.6 Å². The van der Waals surface area contributed by atoms with Gasteiger partial charge in [0.25, 0.3) is 0 Å². The number of nitrogens with one attached hydrogen (secondary N) is 1. The van der Waals surface area contributed by atoms with Gasteiger partial charge >= 0.3 is 0 Å². The van der Waals surface area contributed by atoms with E-state index < -0.39 is 0 Å². The van der Waals surface area contributed by atoms with E-state index in [2.05, 4.69) is 12.2 Å². The molecule has 0 saturated carbocycles. The number of rotatable bonds is 6. The summed E-state index contributed by atoms with van der Waals surface area (Å²) < 4.78 is 5.58. The van der Waals surface area contributed by atoms with E-state index in [9.17, 15) is 4.79 Å². The first-order valence-corrected chi connectivity index (χ1v) is 6.85. The molecule has 1 aromatic rings. The predicted octanol–water partition coefficient (Wildman–Crippen LogP) is 1.94. The topological polar surface area (TPSA) is 45.5 Å². The van der Waals surface area contributed by atoms with Crippen molar-refractivity contribution in [2.24, 2.45) is 0 Å². The van der Waals surface area contributed by atoms with Gasteiger partial charge in [-0.05, 0) is 25.0 Å². The van der Waals surface area contributed by atoms with Crippen LogP contribution in [-0.4, -0.2) is 30.4 Å². The molecule has 100 valence electrons. The van der Waals surface area contributed by atoms with Crippen LogP contribution < -0.4 is 5.32 Å². The van der Waals surface area contributed by atoms with E-state index in [0.29, 0.717) is 13.0 Å². The van der Waals surface area contributed by atoms with Gasteiger partial charge in [0, 0.05) is 32.5 Å². The van der Waals surface area contributed by atoms with E-state index in [4.69, 9.17) is 4.42 Å². The molecule has 1 saturated heterocycles. The Hall–Kier alpha value is -1.29. The standard InChI is InChI=1S/C14H22N2O2/c1-2-12-5-6-13(18-12)11-15-8-7-14(17)16-9-3-4-10-16/h5-6,15H,2-4,7-11H2,1H3. The second kappa shape index (κ2) is 6.59. The Labute approximate surface area is 108 Å². The molecule has 1 aliphatic heterocycles. The van der Waals surface area contributed by atoms with Gasteiger partial charge in [0.15, 0.2) is 0 Å². The Morgan fingerprint density at radius 1 is 1.33 bits per heavy atom. The van der Waals surface area contributed by atoms with E-state index in [-0.39, 0.29) is 5.91 Å². The molecule has 0 aliphatic carbocycles. The molecule has 1 N–H and O–H groups in total. The average Bonchev–Trinajstić information content (AvgIpc) is 3.05. The van der Waals surface area contributed by atoms with Crippen molar-refractivity contribution in [3.05, 3.63) is 23.7 Å². The average molecular weight is 250 g/mol. The highest BCUT2D eigenvalue weighted by Crippen LogP contribution is 2.09. The van der Waals surface area contributed by atoms with Crippen LogP contribution in [0.3, 0.4) is 0 Å². The Morgan fingerprint density at radius 2 is 2.06 bits per heavy atom. The number of amides is 1. The first-order valence-electron chi connectivity index (χ1n) is 6.85. The molecular weight excluding hydrogens is 228 g/mol. The molecule has 1 aromatic heterocycles. The fraction of sp³-hybridized carbons (Fsp3) is 0.643. The third-order valence-electron chi connectivity index (χ3n) is 3.34. The van der Waals surface area contributed by atoms with Crippen LogP contribution in [0.5, 0.6) is 0 Å². The summed E-state index contributed by atoms with van der Waals surface area (Å²) in [4.78, 5) is 13.7. The lowest BCUT2D eigenvalue weighted by Crippen LogP contribution is -2.30. The lowest BCUT2D eigenvalue weighted by molar-refractivity contribution is -0.130. The highest BCUT2D eigenvalue weighted by atomic mass is 16.3. The summed E-state index contributed by atoms with van der Waals surface area (Å²) >= 11 is 0. The van der Waals surface area contributed by atoms with Gasteiger partial charge in [0.1, 0.15) is 11.5 Å². The summed E-state index contributed by atoms with van der Waals surface area (Å²) in [6.45, 7) is 5.38. The van der Waals surface area contributed by atoms with Crippen LogP contribution in [0.2, 0.25) is 0 Å². The minimum atomic E-state index is 0.272. The number of carbonyl (C=O) groups is 1. The second-order valence-corrected chi connectivity index (χ2v) is 4.74. The van der Waals surface area contributed by atoms with E-state index >= 15 is 0 Å². The van der Waals surface area contributed by atoms with Gasteiger partial charge in [0.05, 0.1) is 6.54 Å². The number of aryl methyl sites for hydroxylation is 1. The Bertz CT molecular complexity index is 381.